The second kappa shape index (κ2) is 4.59. The molecule has 0 saturated carbocycles. The molecular weight excluding hydrogens is 218 g/mol. The number of aliphatic hydroxyl groups excluding tert-OH is 1. The zero-order valence-electron chi connectivity index (χ0n) is 9.91. The smallest absolute Gasteiger partial charge is 0.195 e. The van der Waals surface area contributed by atoms with Crippen LogP contribution in [0.5, 0.6) is 5.75 Å². The van der Waals surface area contributed by atoms with Gasteiger partial charge in [-0.1, -0.05) is 0 Å². The van der Waals surface area contributed by atoms with Crippen molar-refractivity contribution in [1.82, 2.24) is 4.98 Å². The zero-order chi connectivity index (χ0) is 12.4. The molecule has 0 aliphatic heterocycles. The first-order valence-corrected chi connectivity index (χ1v) is 5.56. The first kappa shape index (κ1) is 11.7. The number of pyridine rings is 1. The Labute approximate surface area is 98.9 Å². The Kier molecular flexibility index (Phi) is 3.15. The van der Waals surface area contributed by atoms with E-state index >= 15 is 0 Å². The van der Waals surface area contributed by atoms with Crippen molar-refractivity contribution in [1.29, 1.82) is 0 Å². The van der Waals surface area contributed by atoms with Crippen LogP contribution in [-0.4, -0.2) is 16.7 Å². The van der Waals surface area contributed by atoms with Crippen LogP contribution in [0.25, 0.3) is 10.9 Å². The molecule has 0 atom stereocenters. The molecule has 4 heteroatoms. The van der Waals surface area contributed by atoms with E-state index in [1.807, 2.05) is 19.1 Å². The molecule has 2 aromatic rings. The number of aliphatic hydroxyl groups is 1. The van der Waals surface area contributed by atoms with E-state index < -0.39 is 0 Å². The summed E-state index contributed by atoms with van der Waals surface area (Å²) in [5.41, 5.74) is 1.73. The predicted molar refractivity (Wildman–Crippen MR) is 66.4 cm³/mol. The maximum atomic E-state index is 12.1. The highest BCUT2D eigenvalue weighted by Crippen LogP contribution is 2.18. The van der Waals surface area contributed by atoms with E-state index in [1.54, 1.807) is 13.0 Å². The molecule has 4 nitrogen and oxygen atoms in total. The number of benzene rings is 1. The van der Waals surface area contributed by atoms with Gasteiger partial charge in [-0.2, -0.15) is 0 Å². The fourth-order valence-electron chi connectivity index (χ4n) is 1.88. The molecule has 1 aromatic heterocycles. The van der Waals surface area contributed by atoms with Crippen LogP contribution in [0.1, 0.15) is 18.2 Å². The maximum Gasteiger partial charge on any atom is 0.195 e. The quantitative estimate of drug-likeness (QED) is 0.848. The number of nitrogens with one attached hydrogen (secondary N) is 1. The van der Waals surface area contributed by atoms with Crippen molar-refractivity contribution in [2.24, 2.45) is 0 Å². The van der Waals surface area contributed by atoms with Gasteiger partial charge in [0.1, 0.15) is 5.75 Å². The summed E-state index contributed by atoms with van der Waals surface area (Å²) < 4.78 is 5.36. The van der Waals surface area contributed by atoms with Gasteiger partial charge in [-0.25, -0.2) is 0 Å². The monoisotopic (exact) mass is 233 g/mol. The van der Waals surface area contributed by atoms with Crippen molar-refractivity contribution >= 4 is 10.9 Å². The van der Waals surface area contributed by atoms with Gasteiger partial charge in [0.25, 0.3) is 0 Å². The van der Waals surface area contributed by atoms with Crippen LogP contribution in [0.2, 0.25) is 0 Å². The minimum Gasteiger partial charge on any atom is -0.494 e. The molecular formula is C13H15NO3. The third-order valence-corrected chi connectivity index (χ3v) is 2.75. The molecule has 0 fully saturated rings. The van der Waals surface area contributed by atoms with E-state index in [1.165, 1.54) is 0 Å². The van der Waals surface area contributed by atoms with Crippen LogP contribution in [0.4, 0.5) is 0 Å². The molecule has 0 unspecified atom stereocenters. The number of rotatable bonds is 3. The van der Waals surface area contributed by atoms with Crippen molar-refractivity contribution in [3.8, 4) is 5.75 Å². The van der Waals surface area contributed by atoms with Crippen molar-refractivity contribution in [3.05, 3.63) is 39.7 Å². The van der Waals surface area contributed by atoms with Gasteiger partial charge in [0.05, 0.1) is 13.2 Å². The summed E-state index contributed by atoms with van der Waals surface area (Å²) in [6.07, 6.45) is 0. The summed E-state index contributed by atoms with van der Waals surface area (Å²) in [6.45, 7) is 3.98. The summed E-state index contributed by atoms with van der Waals surface area (Å²) in [5.74, 6) is 0.665. The minimum atomic E-state index is -0.254. The Morgan fingerprint density at radius 3 is 2.82 bits per heavy atom. The topological polar surface area (TPSA) is 62.3 Å². The van der Waals surface area contributed by atoms with Crippen LogP contribution in [0.3, 0.4) is 0 Å². The highest BCUT2D eigenvalue weighted by molar-refractivity contribution is 5.81. The lowest BCUT2D eigenvalue weighted by atomic mass is 10.1. The Morgan fingerprint density at radius 1 is 1.41 bits per heavy atom. The number of ether oxygens (including phenoxy) is 1. The molecule has 0 aliphatic rings. The molecule has 0 saturated heterocycles. The average Bonchev–Trinajstić information content (AvgIpc) is 2.31. The fraction of sp³-hybridized carbons (Fsp3) is 0.308. The van der Waals surface area contributed by atoms with Crippen molar-refractivity contribution in [2.75, 3.05) is 6.61 Å². The van der Waals surface area contributed by atoms with Crippen molar-refractivity contribution < 1.29 is 9.84 Å². The lowest BCUT2D eigenvalue weighted by molar-refractivity contribution is 0.279. The van der Waals surface area contributed by atoms with Gasteiger partial charge in [0, 0.05) is 22.2 Å². The Bertz CT molecular complexity index is 601. The van der Waals surface area contributed by atoms with E-state index in [0.717, 1.165) is 5.52 Å². The summed E-state index contributed by atoms with van der Waals surface area (Å²) in [5, 5.41) is 9.73. The fourth-order valence-corrected chi connectivity index (χ4v) is 1.88. The highest BCUT2D eigenvalue weighted by Gasteiger charge is 2.09. The maximum absolute atomic E-state index is 12.1. The van der Waals surface area contributed by atoms with Gasteiger partial charge in [-0.05, 0) is 32.0 Å². The third kappa shape index (κ3) is 2.03. The lowest BCUT2D eigenvalue weighted by Gasteiger charge is -2.08. The first-order valence-electron chi connectivity index (χ1n) is 5.56. The molecule has 1 heterocycles. The van der Waals surface area contributed by atoms with Crippen LogP contribution >= 0.6 is 0 Å². The van der Waals surface area contributed by atoms with Crippen molar-refractivity contribution in [3.63, 3.8) is 0 Å². The number of fused-ring (bicyclic) bond motifs is 1. The van der Waals surface area contributed by atoms with E-state index in [0.29, 0.717) is 29.0 Å². The third-order valence-electron chi connectivity index (χ3n) is 2.75. The molecule has 0 spiro atoms. The lowest BCUT2D eigenvalue weighted by Crippen LogP contribution is -2.13. The van der Waals surface area contributed by atoms with Crippen LogP contribution in [0.15, 0.2) is 23.0 Å². The van der Waals surface area contributed by atoms with Gasteiger partial charge >= 0.3 is 0 Å². The average molecular weight is 233 g/mol. The number of aryl methyl sites for hydroxylation is 1. The standard InChI is InChI=1S/C13H15NO3/c1-3-17-9-4-5-12-10(6-9)13(16)11(7-15)8(2)14-12/h4-6,15H,3,7H2,1-2H3,(H,14,16). The Morgan fingerprint density at radius 2 is 2.18 bits per heavy atom. The van der Waals surface area contributed by atoms with E-state index in [2.05, 4.69) is 4.98 Å². The number of H-pyrrole nitrogens is 1. The number of hydrogen-bond donors (Lipinski definition) is 2. The van der Waals surface area contributed by atoms with Crippen LogP contribution < -0.4 is 10.2 Å². The van der Waals surface area contributed by atoms with Crippen LogP contribution in [0, 0.1) is 6.92 Å². The summed E-state index contributed by atoms with van der Waals surface area (Å²) >= 11 is 0. The van der Waals surface area contributed by atoms with E-state index in [9.17, 15) is 9.90 Å². The molecule has 0 aliphatic carbocycles. The minimum absolute atomic E-state index is 0.139. The zero-order valence-corrected chi connectivity index (χ0v) is 9.91. The number of hydrogen-bond acceptors (Lipinski definition) is 3. The summed E-state index contributed by atoms with van der Waals surface area (Å²) in [7, 11) is 0. The SMILES string of the molecule is CCOc1ccc2[nH]c(C)c(CO)c(=O)c2c1. The molecule has 0 bridgehead atoms. The summed E-state index contributed by atoms with van der Waals surface area (Å²) in [6, 6.07) is 5.34. The second-order valence-electron chi connectivity index (χ2n) is 3.86. The van der Waals surface area contributed by atoms with Gasteiger partial charge in [-0.3, -0.25) is 4.79 Å². The largest absolute Gasteiger partial charge is 0.494 e. The predicted octanol–water partition coefficient (Wildman–Crippen LogP) is 1.73. The number of aromatic nitrogens is 1. The summed E-state index contributed by atoms with van der Waals surface area (Å²) in [4.78, 5) is 15.2. The number of aromatic amines is 1. The van der Waals surface area contributed by atoms with Crippen molar-refractivity contribution in [2.45, 2.75) is 20.5 Å². The van der Waals surface area contributed by atoms with E-state index in [4.69, 9.17) is 4.74 Å². The second-order valence-corrected chi connectivity index (χ2v) is 3.86. The van der Waals surface area contributed by atoms with Crippen LogP contribution in [-0.2, 0) is 6.61 Å². The molecule has 1 aromatic carbocycles. The Hall–Kier alpha value is -1.81. The van der Waals surface area contributed by atoms with Gasteiger partial charge in [-0.15, -0.1) is 0 Å². The van der Waals surface area contributed by atoms with Gasteiger partial charge in [0.15, 0.2) is 5.43 Å². The normalized spacial score (nSPS) is 10.8. The molecule has 2 N–H and O–H groups in total. The molecule has 0 radical (unpaired) electrons. The highest BCUT2D eigenvalue weighted by atomic mass is 16.5. The molecule has 2 rings (SSSR count). The van der Waals surface area contributed by atoms with Gasteiger partial charge in [0.2, 0.25) is 0 Å². The Balaban J connectivity index is 2.71. The molecule has 90 valence electrons. The van der Waals surface area contributed by atoms with Gasteiger partial charge < -0.3 is 14.8 Å². The first-order chi connectivity index (χ1) is 8.17. The molecule has 0 amide bonds. The molecule has 17 heavy (non-hydrogen) atoms. The van der Waals surface area contributed by atoms with E-state index in [-0.39, 0.29) is 12.0 Å².